The molecule has 0 spiro atoms. The number of cyclic esters (lactones) is 2. The van der Waals surface area contributed by atoms with E-state index in [0.717, 1.165) is 11.1 Å². The maximum atomic E-state index is 14.2. The van der Waals surface area contributed by atoms with Gasteiger partial charge < -0.3 is 40.0 Å². The molecule has 1 heterocycles. The van der Waals surface area contributed by atoms with Crippen LogP contribution in [0.15, 0.2) is 53.6 Å². The zero-order valence-electron chi connectivity index (χ0n) is 38.9. The standard InChI is InChI=1S/C46H71N5O10S/c1-14-28(5)39-42(54)48-33(10)46(58)61-40(29(6)15-2)31(8)36(59-26-62-13)22-21-30(7)45(57)60-37(23-27(3)4)41(53)47-32(9)43(55)51(12)35(24-34-19-17-16-18-20-34)44(56)50(11)25-38(52)49-39/h15-21,27-28,31-33,35-37,39-40H,14,22-26H2,1-13H3,(H,47,53)(H,48,54)(H,49,52)/b29-15+,30-21+/t28?,31-,32+,33+,35-,36+,37-,39?,40-/m1/s1. The van der Waals surface area contributed by atoms with Gasteiger partial charge in [0.1, 0.15) is 30.3 Å². The summed E-state index contributed by atoms with van der Waals surface area (Å²) in [6, 6.07) is 4.65. The molecule has 1 aliphatic rings. The molecule has 0 saturated heterocycles. The molecular weight excluding hydrogens is 815 g/mol. The number of allylic oxidation sites excluding steroid dienone is 1. The lowest BCUT2D eigenvalue weighted by atomic mass is 9.90. The SMILES string of the molecule is C/C=C(\C)[C@H]1OC(=O)[C@H](C)NC(=O)C(C(C)CC)NC(=O)CN(C)C(=O)[C@@H](Cc2ccccc2)N(C)C(=O)[C@H](C)NC(=O)[C@@H](CC(C)C)OC(=O)/C(C)=C/C[C@H](OCSC)[C@H]1C. The fourth-order valence-electron chi connectivity index (χ4n) is 6.91. The molecule has 346 valence electrons. The van der Waals surface area contributed by atoms with Crippen LogP contribution in [0.2, 0.25) is 0 Å². The molecule has 1 aliphatic heterocycles. The third kappa shape index (κ3) is 16.2. The Hall–Kier alpha value is -4.70. The molecule has 5 amide bonds. The number of nitrogens with zero attached hydrogens (tertiary/aromatic N) is 2. The molecule has 2 rings (SSSR count). The van der Waals surface area contributed by atoms with Gasteiger partial charge >= 0.3 is 11.9 Å². The fourth-order valence-corrected chi connectivity index (χ4v) is 7.22. The molecule has 3 N–H and O–H groups in total. The molecule has 0 radical (unpaired) electrons. The molecule has 16 heteroatoms. The number of hydrogen-bond acceptors (Lipinski definition) is 11. The van der Waals surface area contributed by atoms with E-state index in [-0.39, 0.29) is 36.7 Å². The van der Waals surface area contributed by atoms with E-state index >= 15 is 0 Å². The Morgan fingerprint density at radius 3 is 2.13 bits per heavy atom. The van der Waals surface area contributed by atoms with Gasteiger partial charge in [-0.1, -0.05) is 83.5 Å². The van der Waals surface area contributed by atoms with Gasteiger partial charge in [0.05, 0.1) is 18.6 Å². The summed E-state index contributed by atoms with van der Waals surface area (Å²) < 4.78 is 18.1. The molecule has 1 aromatic rings. The zero-order valence-corrected chi connectivity index (χ0v) is 39.8. The minimum absolute atomic E-state index is 0.0614. The van der Waals surface area contributed by atoms with Gasteiger partial charge in [0.2, 0.25) is 23.6 Å². The van der Waals surface area contributed by atoms with Crippen LogP contribution in [-0.4, -0.2) is 127 Å². The maximum Gasteiger partial charge on any atom is 0.334 e. The molecule has 1 aromatic carbocycles. The van der Waals surface area contributed by atoms with E-state index in [4.69, 9.17) is 14.2 Å². The Labute approximate surface area is 372 Å². The second-order valence-electron chi connectivity index (χ2n) is 16.7. The van der Waals surface area contributed by atoms with E-state index in [9.17, 15) is 33.6 Å². The summed E-state index contributed by atoms with van der Waals surface area (Å²) in [4.78, 5) is 99.0. The van der Waals surface area contributed by atoms with Gasteiger partial charge in [-0.3, -0.25) is 24.0 Å². The number of rotatable bonds is 10. The molecule has 0 aliphatic carbocycles. The lowest BCUT2D eigenvalue weighted by Gasteiger charge is -2.33. The number of amides is 5. The summed E-state index contributed by atoms with van der Waals surface area (Å²) in [7, 11) is 2.88. The van der Waals surface area contributed by atoms with E-state index in [1.54, 1.807) is 32.1 Å². The van der Waals surface area contributed by atoms with Crippen LogP contribution >= 0.6 is 11.8 Å². The summed E-state index contributed by atoms with van der Waals surface area (Å²) in [5, 5.41) is 8.17. The Bertz CT molecular complexity index is 1750. The zero-order chi connectivity index (χ0) is 46.8. The predicted molar refractivity (Wildman–Crippen MR) is 240 cm³/mol. The van der Waals surface area contributed by atoms with Crippen molar-refractivity contribution in [2.24, 2.45) is 17.8 Å². The van der Waals surface area contributed by atoms with Crippen molar-refractivity contribution in [2.75, 3.05) is 32.8 Å². The average molecular weight is 886 g/mol. The number of carbonyl (C=O) groups is 7. The highest BCUT2D eigenvalue weighted by molar-refractivity contribution is 7.98. The first kappa shape index (κ1) is 53.4. The van der Waals surface area contributed by atoms with Crippen LogP contribution in [0.1, 0.15) is 94.1 Å². The first-order chi connectivity index (χ1) is 29.2. The van der Waals surface area contributed by atoms with Gasteiger partial charge in [-0.15, -0.1) is 11.8 Å². The quantitative estimate of drug-likeness (QED) is 0.170. The third-order valence-corrected chi connectivity index (χ3v) is 11.6. The van der Waals surface area contributed by atoms with Crippen molar-refractivity contribution in [3.05, 3.63) is 59.2 Å². The number of likely N-dealkylation sites (N-methyl/N-ethyl adjacent to an activating group) is 2. The van der Waals surface area contributed by atoms with Crippen molar-refractivity contribution in [1.82, 2.24) is 25.8 Å². The first-order valence-corrected chi connectivity index (χ1v) is 22.8. The Morgan fingerprint density at radius 2 is 1.55 bits per heavy atom. The maximum absolute atomic E-state index is 14.2. The number of carbonyl (C=O) groups excluding carboxylic acids is 7. The van der Waals surface area contributed by atoms with Crippen LogP contribution in [0.4, 0.5) is 0 Å². The van der Waals surface area contributed by atoms with Gasteiger partial charge in [0, 0.05) is 32.0 Å². The van der Waals surface area contributed by atoms with Crippen molar-refractivity contribution < 1.29 is 47.8 Å². The predicted octanol–water partition coefficient (Wildman–Crippen LogP) is 4.58. The number of ether oxygens (including phenoxy) is 3. The molecule has 0 bridgehead atoms. The largest absolute Gasteiger partial charge is 0.456 e. The van der Waals surface area contributed by atoms with E-state index in [0.29, 0.717) is 12.4 Å². The van der Waals surface area contributed by atoms with Crippen molar-refractivity contribution in [3.63, 3.8) is 0 Å². The summed E-state index contributed by atoms with van der Waals surface area (Å²) in [5.41, 5.74) is 1.71. The van der Waals surface area contributed by atoms with Crippen LogP contribution < -0.4 is 16.0 Å². The average Bonchev–Trinajstić information content (AvgIpc) is 3.24. The molecule has 2 unspecified atom stereocenters. The first-order valence-electron chi connectivity index (χ1n) is 21.4. The van der Waals surface area contributed by atoms with Crippen LogP contribution in [0, 0.1) is 17.8 Å². The topological polar surface area (TPSA) is 190 Å². The highest BCUT2D eigenvalue weighted by Gasteiger charge is 2.37. The minimum atomic E-state index is -1.23. The normalized spacial score (nSPS) is 28.0. The van der Waals surface area contributed by atoms with E-state index < -0.39 is 96.4 Å². The Balaban J connectivity index is 2.68. The smallest absolute Gasteiger partial charge is 0.334 e. The lowest BCUT2D eigenvalue weighted by molar-refractivity contribution is -0.155. The molecular formula is C46H71N5O10S. The number of nitrogens with one attached hydrogen (secondary N) is 3. The van der Waals surface area contributed by atoms with Crippen molar-refractivity contribution in [3.8, 4) is 0 Å². The molecule has 62 heavy (non-hydrogen) atoms. The highest BCUT2D eigenvalue weighted by Crippen LogP contribution is 2.26. The van der Waals surface area contributed by atoms with E-state index in [1.165, 1.54) is 49.5 Å². The molecule has 0 saturated carbocycles. The van der Waals surface area contributed by atoms with E-state index in [2.05, 4.69) is 16.0 Å². The number of esters is 2. The highest BCUT2D eigenvalue weighted by atomic mass is 32.2. The molecule has 9 atom stereocenters. The molecule has 0 fully saturated rings. The van der Waals surface area contributed by atoms with Gasteiger partial charge in [0.15, 0.2) is 6.10 Å². The fraction of sp³-hybridized carbons (Fsp3) is 0.630. The number of hydrogen-bond donors (Lipinski definition) is 3. The number of thioether (sulfide) groups is 1. The van der Waals surface area contributed by atoms with Crippen molar-refractivity contribution >= 4 is 53.2 Å². The van der Waals surface area contributed by atoms with Crippen LogP contribution in [0.3, 0.4) is 0 Å². The minimum Gasteiger partial charge on any atom is -0.456 e. The van der Waals surface area contributed by atoms with Crippen molar-refractivity contribution in [2.45, 2.75) is 137 Å². The summed E-state index contributed by atoms with van der Waals surface area (Å²) >= 11 is 1.46. The van der Waals surface area contributed by atoms with Gasteiger partial charge in [0.25, 0.3) is 5.91 Å². The second kappa shape index (κ2) is 26.0. The Kier molecular flexibility index (Phi) is 22.5. The Morgan fingerprint density at radius 1 is 0.919 bits per heavy atom. The summed E-state index contributed by atoms with van der Waals surface area (Å²) in [5.74, 6) is -5.02. The summed E-state index contributed by atoms with van der Waals surface area (Å²) in [6.45, 7) is 17.1. The number of benzene rings is 1. The van der Waals surface area contributed by atoms with E-state index in [1.807, 2.05) is 72.1 Å². The molecule has 15 nitrogen and oxygen atoms in total. The lowest BCUT2D eigenvalue weighted by Crippen LogP contribution is -2.57. The van der Waals surface area contributed by atoms with Gasteiger partial charge in [-0.25, -0.2) is 9.59 Å². The van der Waals surface area contributed by atoms with Gasteiger partial charge in [-0.2, -0.15) is 0 Å². The van der Waals surface area contributed by atoms with Crippen molar-refractivity contribution in [1.29, 1.82) is 0 Å². The van der Waals surface area contributed by atoms with Crippen LogP contribution in [-0.2, 0) is 54.2 Å². The summed E-state index contributed by atoms with van der Waals surface area (Å²) in [6.07, 6.45) is 3.83. The van der Waals surface area contributed by atoms with Crippen LogP contribution in [0.5, 0.6) is 0 Å². The third-order valence-electron chi connectivity index (χ3n) is 11.2. The molecule has 0 aromatic heterocycles. The second-order valence-corrected chi connectivity index (χ2v) is 17.6. The van der Waals surface area contributed by atoms with Crippen LogP contribution in [0.25, 0.3) is 0 Å². The monoisotopic (exact) mass is 885 g/mol. The van der Waals surface area contributed by atoms with Gasteiger partial charge in [-0.05, 0) is 76.7 Å².